The van der Waals surface area contributed by atoms with Gasteiger partial charge in [0, 0.05) is 44.8 Å². The third-order valence-corrected chi connectivity index (χ3v) is 5.82. The van der Waals surface area contributed by atoms with Crippen LogP contribution in [0.5, 0.6) is 0 Å². The topological polar surface area (TPSA) is 103 Å². The minimum absolute atomic E-state index is 0. The van der Waals surface area contributed by atoms with Crippen LogP contribution in [-0.2, 0) is 14.8 Å². The number of aliphatic imine (C=N–C) groups is 1. The number of guanidine groups is 1. The maximum Gasteiger partial charge on any atom is 0.211 e. The van der Waals surface area contributed by atoms with Crippen molar-refractivity contribution < 1.29 is 18.3 Å². The lowest BCUT2D eigenvalue weighted by molar-refractivity contribution is 0.131. The van der Waals surface area contributed by atoms with Crippen LogP contribution in [0.4, 0.5) is 0 Å². The molecule has 0 saturated carbocycles. The third kappa shape index (κ3) is 9.16. The zero-order valence-electron chi connectivity index (χ0n) is 16.2. The summed E-state index contributed by atoms with van der Waals surface area (Å²) >= 11 is 0. The molecule has 1 rings (SSSR count). The fraction of sp³-hybridized carbons (Fsp3) is 0.938. The molecule has 1 fully saturated rings. The van der Waals surface area contributed by atoms with Gasteiger partial charge in [0.2, 0.25) is 10.0 Å². The Labute approximate surface area is 175 Å². The standard InChI is InChI=1S/C16H34N4O4S.HI/c1-4-17-15(18-9-6-10-20(5-2)25(3,22)23)19-13-16(7-11-21)8-12-24-14-16;/h21H,4-14H2,1-3H3,(H2,17,18,19);1H. The number of nitrogens with zero attached hydrogens (tertiary/aromatic N) is 2. The first kappa shape index (κ1) is 25.8. The van der Waals surface area contributed by atoms with E-state index in [4.69, 9.17) is 4.74 Å². The van der Waals surface area contributed by atoms with Crippen LogP contribution in [-0.4, -0.2) is 82.6 Å². The number of rotatable bonds is 11. The number of nitrogens with one attached hydrogen (secondary N) is 2. The quantitative estimate of drug-likeness (QED) is 0.164. The molecule has 1 heterocycles. The molecule has 10 heteroatoms. The molecular formula is C16H35IN4O4S. The van der Waals surface area contributed by atoms with Crippen LogP contribution in [0.25, 0.3) is 0 Å². The Morgan fingerprint density at radius 3 is 2.58 bits per heavy atom. The van der Waals surface area contributed by atoms with Crippen LogP contribution < -0.4 is 10.6 Å². The minimum atomic E-state index is -3.14. The molecule has 1 unspecified atom stereocenters. The third-order valence-electron chi connectivity index (χ3n) is 4.44. The molecule has 0 aromatic carbocycles. The predicted octanol–water partition coefficient (Wildman–Crippen LogP) is 0.620. The van der Waals surface area contributed by atoms with Gasteiger partial charge in [0.05, 0.1) is 19.4 Å². The molecule has 0 aliphatic carbocycles. The number of sulfonamides is 1. The highest BCUT2D eigenvalue weighted by Gasteiger charge is 2.34. The first-order chi connectivity index (χ1) is 11.9. The Balaban J connectivity index is 0.00000625. The van der Waals surface area contributed by atoms with E-state index in [9.17, 15) is 13.5 Å². The molecule has 0 radical (unpaired) electrons. The smallest absolute Gasteiger partial charge is 0.211 e. The van der Waals surface area contributed by atoms with Crippen LogP contribution in [0.3, 0.4) is 0 Å². The average molecular weight is 506 g/mol. The van der Waals surface area contributed by atoms with Gasteiger partial charge in [-0.15, -0.1) is 24.0 Å². The summed E-state index contributed by atoms with van der Waals surface area (Å²) in [6.45, 7) is 8.30. The number of aliphatic hydroxyl groups is 1. The van der Waals surface area contributed by atoms with Crippen molar-refractivity contribution in [1.82, 2.24) is 14.9 Å². The fourth-order valence-corrected chi connectivity index (χ4v) is 3.83. The van der Waals surface area contributed by atoms with Gasteiger partial charge in [0.1, 0.15) is 0 Å². The van der Waals surface area contributed by atoms with Crippen molar-refractivity contribution >= 4 is 40.0 Å². The fourth-order valence-electron chi connectivity index (χ4n) is 2.90. The predicted molar refractivity (Wildman–Crippen MR) is 116 cm³/mol. The molecule has 8 nitrogen and oxygen atoms in total. The maximum absolute atomic E-state index is 11.6. The summed E-state index contributed by atoms with van der Waals surface area (Å²) in [4.78, 5) is 4.64. The van der Waals surface area contributed by atoms with Crippen molar-refractivity contribution in [3.05, 3.63) is 0 Å². The Morgan fingerprint density at radius 1 is 1.35 bits per heavy atom. The molecule has 0 spiro atoms. The van der Waals surface area contributed by atoms with Gasteiger partial charge in [-0.05, 0) is 26.2 Å². The maximum atomic E-state index is 11.6. The highest BCUT2D eigenvalue weighted by molar-refractivity contribution is 14.0. The van der Waals surface area contributed by atoms with Gasteiger partial charge < -0.3 is 20.5 Å². The molecule has 0 aromatic heterocycles. The monoisotopic (exact) mass is 506 g/mol. The summed E-state index contributed by atoms with van der Waals surface area (Å²) in [6, 6.07) is 0. The van der Waals surface area contributed by atoms with Crippen molar-refractivity contribution in [3.8, 4) is 0 Å². The Bertz CT molecular complexity index is 510. The second kappa shape index (κ2) is 13.1. The molecule has 1 atom stereocenters. The Kier molecular flexibility index (Phi) is 13.0. The van der Waals surface area contributed by atoms with Crippen molar-refractivity contribution in [2.24, 2.45) is 10.4 Å². The van der Waals surface area contributed by atoms with Gasteiger partial charge in [-0.25, -0.2) is 12.7 Å². The van der Waals surface area contributed by atoms with E-state index in [0.29, 0.717) is 51.6 Å². The highest BCUT2D eigenvalue weighted by Crippen LogP contribution is 2.32. The molecule has 0 amide bonds. The summed E-state index contributed by atoms with van der Waals surface area (Å²) in [5.74, 6) is 0.717. The Hall–Kier alpha value is -0.170. The van der Waals surface area contributed by atoms with E-state index >= 15 is 0 Å². The second-order valence-electron chi connectivity index (χ2n) is 6.51. The molecule has 1 saturated heterocycles. The van der Waals surface area contributed by atoms with Gasteiger partial charge in [-0.3, -0.25) is 4.99 Å². The summed E-state index contributed by atoms with van der Waals surface area (Å²) in [5.41, 5.74) is -0.0770. The molecule has 0 bridgehead atoms. The second-order valence-corrected chi connectivity index (χ2v) is 8.49. The van der Waals surface area contributed by atoms with E-state index in [2.05, 4.69) is 15.6 Å². The van der Waals surface area contributed by atoms with E-state index in [0.717, 1.165) is 19.6 Å². The zero-order valence-corrected chi connectivity index (χ0v) is 19.3. The first-order valence-corrected chi connectivity index (χ1v) is 10.9. The highest BCUT2D eigenvalue weighted by atomic mass is 127. The molecule has 1 aliphatic rings. The summed E-state index contributed by atoms with van der Waals surface area (Å²) < 4.78 is 30.1. The average Bonchev–Trinajstić information content (AvgIpc) is 3.00. The van der Waals surface area contributed by atoms with Crippen LogP contribution in [0.1, 0.15) is 33.1 Å². The van der Waals surface area contributed by atoms with Crippen LogP contribution in [0.15, 0.2) is 4.99 Å². The van der Waals surface area contributed by atoms with Crippen LogP contribution in [0.2, 0.25) is 0 Å². The van der Waals surface area contributed by atoms with Crippen molar-refractivity contribution in [3.63, 3.8) is 0 Å². The van der Waals surface area contributed by atoms with Gasteiger partial charge in [0.15, 0.2) is 5.96 Å². The number of hydrogen-bond acceptors (Lipinski definition) is 5. The lowest BCUT2D eigenvalue weighted by Crippen LogP contribution is -2.40. The lowest BCUT2D eigenvalue weighted by Gasteiger charge is -2.25. The minimum Gasteiger partial charge on any atom is -0.396 e. The van der Waals surface area contributed by atoms with Crippen molar-refractivity contribution in [2.45, 2.75) is 33.1 Å². The van der Waals surface area contributed by atoms with Crippen molar-refractivity contribution in [2.75, 3.05) is 58.8 Å². The number of halogens is 1. The number of ether oxygens (including phenoxy) is 1. The van der Waals surface area contributed by atoms with Crippen molar-refractivity contribution in [1.29, 1.82) is 0 Å². The van der Waals surface area contributed by atoms with E-state index in [1.54, 1.807) is 0 Å². The first-order valence-electron chi connectivity index (χ1n) is 9.03. The van der Waals surface area contributed by atoms with E-state index in [1.165, 1.54) is 10.6 Å². The van der Waals surface area contributed by atoms with Gasteiger partial charge in [-0.1, -0.05) is 6.92 Å². The SMILES string of the molecule is CCNC(=NCC1(CCO)CCOC1)NCCCN(CC)S(C)(=O)=O.I. The molecular weight excluding hydrogens is 471 g/mol. The number of aliphatic hydroxyl groups excluding tert-OH is 1. The van der Waals surface area contributed by atoms with Gasteiger partial charge in [0.25, 0.3) is 0 Å². The largest absolute Gasteiger partial charge is 0.396 e. The van der Waals surface area contributed by atoms with Crippen LogP contribution >= 0.6 is 24.0 Å². The molecule has 3 N–H and O–H groups in total. The summed E-state index contributed by atoms with van der Waals surface area (Å²) in [7, 11) is -3.14. The van der Waals surface area contributed by atoms with Crippen LogP contribution in [0, 0.1) is 5.41 Å². The van der Waals surface area contributed by atoms with Gasteiger partial charge in [-0.2, -0.15) is 0 Å². The van der Waals surface area contributed by atoms with E-state index in [-0.39, 0.29) is 36.0 Å². The molecule has 156 valence electrons. The molecule has 1 aliphatic heterocycles. The van der Waals surface area contributed by atoms with E-state index in [1.807, 2.05) is 13.8 Å². The van der Waals surface area contributed by atoms with Gasteiger partial charge >= 0.3 is 0 Å². The molecule has 26 heavy (non-hydrogen) atoms. The molecule has 0 aromatic rings. The summed E-state index contributed by atoms with van der Waals surface area (Å²) in [5, 5.41) is 15.7. The normalized spacial score (nSPS) is 20.9. The zero-order chi connectivity index (χ0) is 18.8. The Morgan fingerprint density at radius 2 is 2.08 bits per heavy atom. The van der Waals surface area contributed by atoms with E-state index < -0.39 is 10.0 Å². The number of hydrogen-bond donors (Lipinski definition) is 3. The summed E-state index contributed by atoms with van der Waals surface area (Å²) in [6.07, 6.45) is 3.54. The lowest BCUT2D eigenvalue weighted by atomic mass is 9.84.